The fourth-order valence-electron chi connectivity index (χ4n) is 3.23. The van der Waals surface area contributed by atoms with Crippen LogP contribution in [0, 0.1) is 0 Å². The number of hydrogen-bond acceptors (Lipinski definition) is 8. The van der Waals surface area contributed by atoms with Crippen molar-refractivity contribution in [3.8, 4) is 0 Å². The highest BCUT2D eigenvalue weighted by Crippen LogP contribution is 2.42. The van der Waals surface area contributed by atoms with Gasteiger partial charge in [0.05, 0.1) is 0 Å². The van der Waals surface area contributed by atoms with Gasteiger partial charge in [0.15, 0.2) is 11.2 Å². The number of rotatable bonds is 6. The van der Waals surface area contributed by atoms with Crippen molar-refractivity contribution in [3.05, 3.63) is 67.9 Å². The van der Waals surface area contributed by atoms with Crippen molar-refractivity contribution in [3.63, 3.8) is 0 Å². The van der Waals surface area contributed by atoms with Crippen molar-refractivity contribution in [1.82, 2.24) is 19.7 Å². The fourth-order valence-corrected chi connectivity index (χ4v) is 5.62. The predicted octanol–water partition coefficient (Wildman–Crippen LogP) is 0.302. The molecular weight excluding hydrogens is 442 g/mol. The van der Waals surface area contributed by atoms with Gasteiger partial charge in [-0.2, -0.15) is 4.98 Å². The first-order valence-corrected chi connectivity index (χ1v) is 11.2. The van der Waals surface area contributed by atoms with Crippen molar-refractivity contribution < 1.29 is 14.7 Å². The van der Waals surface area contributed by atoms with Crippen LogP contribution in [0.4, 0.5) is 0 Å². The highest BCUT2D eigenvalue weighted by atomic mass is 32.2. The highest BCUT2D eigenvalue weighted by molar-refractivity contribution is 8.01. The summed E-state index contributed by atoms with van der Waals surface area (Å²) < 4.78 is 1.30. The summed E-state index contributed by atoms with van der Waals surface area (Å²) >= 11 is 2.56. The smallest absolute Gasteiger partial charge is 0.352 e. The van der Waals surface area contributed by atoms with E-state index in [9.17, 15) is 24.3 Å². The molecule has 31 heavy (non-hydrogen) atoms. The van der Waals surface area contributed by atoms with Crippen LogP contribution in [0.25, 0.3) is 0 Å². The maximum Gasteiger partial charge on any atom is 0.352 e. The number of nitrogens with zero attached hydrogens (tertiary/aromatic N) is 4. The van der Waals surface area contributed by atoms with Gasteiger partial charge in [0, 0.05) is 24.8 Å². The van der Waals surface area contributed by atoms with Crippen molar-refractivity contribution in [2.75, 3.05) is 11.5 Å². The number of nitrogens with one attached hydrogen (secondary N) is 1. The van der Waals surface area contributed by atoms with Crippen molar-refractivity contribution in [1.29, 1.82) is 0 Å². The third kappa shape index (κ3) is 4.08. The standard InChI is InChI=1S/C19H17N5O5S2/c1-23-19(21-14(25)15(26)22-23)31-9-11-8-30-17-12(16(27)24(17)13(11)18(28)29)20-7-10-5-3-2-4-6-10/h2-7,12,17H,8-9H2,1H3,(H,22,26)(H,28,29)/t12-,17-/m1/s1. The van der Waals surface area contributed by atoms with Crippen LogP contribution in [0.15, 0.2) is 61.3 Å². The molecule has 0 radical (unpaired) electrons. The number of aliphatic imine (C=N–C) groups is 1. The minimum absolute atomic E-state index is 0.0539. The summed E-state index contributed by atoms with van der Waals surface area (Å²) in [6.45, 7) is 0. The van der Waals surface area contributed by atoms with Gasteiger partial charge >= 0.3 is 17.1 Å². The molecule has 1 aromatic carbocycles. The van der Waals surface area contributed by atoms with Gasteiger partial charge in [0.2, 0.25) is 0 Å². The Balaban J connectivity index is 1.53. The predicted molar refractivity (Wildman–Crippen MR) is 116 cm³/mol. The van der Waals surface area contributed by atoms with E-state index >= 15 is 0 Å². The van der Waals surface area contributed by atoms with Crippen LogP contribution in [0.1, 0.15) is 5.56 Å². The number of carbonyl (C=O) groups excluding carboxylic acids is 1. The summed E-state index contributed by atoms with van der Waals surface area (Å²) in [6, 6.07) is 8.73. The van der Waals surface area contributed by atoms with E-state index in [1.165, 1.54) is 28.4 Å². The van der Waals surface area contributed by atoms with E-state index in [1.54, 1.807) is 6.21 Å². The van der Waals surface area contributed by atoms with E-state index in [2.05, 4.69) is 15.1 Å². The minimum atomic E-state index is -1.19. The van der Waals surface area contributed by atoms with Crippen molar-refractivity contribution >= 4 is 41.6 Å². The zero-order valence-corrected chi connectivity index (χ0v) is 17.9. The topological polar surface area (TPSA) is 138 Å². The molecule has 1 fully saturated rings. The quantitative estimate of drug-likeness (QED) is 0.272. The summed E-state index contributed by atoms with van der Waals surface area (Å²) in [5.41, 5.74) is -0.399. The second-order valence-electron chi connectivity index (χ2n) is 6.79. The number of aryl methyl sites for hydroxylation is 1. The van der Waals surface area contributed by atoms with Gasteiger partial charge in [-0.1, -0.05) is 42.1 Å². The second-order valence-corrected chi connectivity index (χ2v) is 8.84. The molecule has 0 bridgehead atoms. The number of carboxylic acid groups (broad SMARTS) is 1. The summed E-state index contributed by atoms with van der Waals surface area (Å²) in [4.78, 5) is 56.8. The molecule has 0 unspecified atom stereocenters. The third-order valence-corrected chi connectivity index (χ3v) is 7.17. The first-order valence-electron chi connectivity index (χ1n) is 9.15. The van der Waals surface area contributed by atoms with Crippen LogP contribution in [-0.4, -0.2) is 65.8 Å². The lowest BCUT2D eigenvalue weighted by atomic mass is 10.0. The Labute approximate surface area is 184 Å². The third-order valence-electron chi connectivity index (χ3n) is 4.73. The average Bonchev–Trinajstić information content (AvgIpc) is 2.75. The van der Waals surface area contributed by atoms with E-state index in [-0.39, 0.29) is 27.9 Å². The molecule has 10 nitrogen and oxygen atoms in total. The molecule has 12 heteroatoms. The molecule has 0 saturated carbocycles. The first-order chi connectivity index (χ1) is 14.9. The van der Waals surface area contributed by atoms with Gasteiger partial charge in [0.25, 0.3) is 5.91 Å². The lowest BCUT2D eigenvalue weighted by Gasteiger charge is -2.47. The molecule has 3 heterocycles. The van der Waals surface area contributed by atoms with Gasteiger partial charge in [-0.3, -0.25) is 34.1 Å². The SMILES string of the molecule is Cn1[nH]c(=O)c(=O)nc1SCC1=C(C(=O)O)N2C(=O)[C@@H](N=Cc3ccccc3)[C@H]2SC1. The van der Waals surface area contributed by atoms with E-state index in [0.717, 1.165) is 17.3 Å². The second kappa shape index (κ2) is 8.55. The van der Waals surface area contributed by atoms with Crippen LogP contribution in [0.3, 0.4) is 0 Å². The van der Waals surface area contributed by atoms with Gasteiger partial charge < -0.3 is 5.11 Å². The molecule has 0 spiro atoms. The van der Waals surface area contributed by atoms with Crippen molar-refractivity contribution in [2.24, 2.45) is 12.0 Å². The number of amides is 1. The summed E-state index contributed by atoms with van der Waals surface area (Å²) in [6.07, 6.45) is 1.62. The number of aromatic nitrogens is 3. The van der Waals surface area contributed by atoms with Crippen LogP contribution >= 0.6 is 23.5 Å². The molecule has 0 aliphatic carbocycles. The summed E-state index contributed by atoms with van der Waals surface area (Å²) in [5.74, 6) is -0.949. The van der Waals surface area contributed by atoms with Crippen LogP contribution in [0.2, 0.25) is 0 Å². The monoisotopic (exact) mass is 459 g/mol. The Hall–Kier alpha value is -3.12. The normalized spacial score (nSPS) is 20.7. The average molecular weight is 460 g/mol. The number of benzene rings is 1. The first kappa shape index (κ1) is 21.1. The fraction of sp³-hybridized carbons (Fsp3) is 0.263. The number of fused-ring (bicyclic) bond motifs is 1. The molecule has 160 valence electrons. The number of aromatic amines is 1. The molecule has 1 aromatic heterocycles. The zero-order chi connectivity index (χ0) is 22.1. The molecule has 4 rings (SSSR count). The summed E-state index contributed by atoms with van der Waals surface area (Å²) in [5, 5.41) is 12.0. The molecule has 2 atom stereocenters. The number of thioether (sulfide) groups is 2. The number of carbonyl (C=O) groups is 2. The van der Waals surface area contributed by atoms with Gasteiger partial charge in [-0.05, 0) is 11.1 Å². The van der Waals surface area contributed by atoms with Gasteiger partial charge in [0.1, 0.15) is 11.1 Å². The van der Waals surface area contributed by atoms with E-state index in [1.807, 2.05) is 30.3 Å². The lowest BCUT2D eigenvalue weighted by Crippen LogP contribution is -2.64. The number of aliphatic carboxylic acids is 1. The largest absolute Gasteiger partial charge is 0.477 e. The van der Waals surface area contributed by atoms with Crippen molar-refractivity contribution in [2.45, 2.75) is 16.6 Å². The Bertz CT molecular complexity index is 1220. The van der Waals surface area contributed by atoms with Gasteiger partial charge in [-0.25, -0.2) is 4.79 Å². The minimum Gasteiger partial charge on any atom is -0.477 e. The Morgan fingerprint density at radius 2 is 2.10 bits per heavy atom. The highest BCUT2D eigenvalue weighted by Gasteiger charge is 2.53. The summed E-state index contributed by atoms with van der Waals surface area (Å²) in [7, 11) is 1.53. The molecule has 2 aliphatic rings. The number of carboxylic acids is 1. The maximum absolute atomic E-state index is 12.7. The van der Waals surface area contributed by atoms with E-state index in [0.29, 0.717) is 11.3 Å². The maximum atomic E-state index is 12.7. The van der Waals surface area contributed by atoms with Crippen LogP contribution in [0.5, 0.6) is 0 Å². The lowest BCUT2D eigenvalue weighted by molar-refractivity contribution is -0.147. The number of hydrogen-bond donors (Lipinski definition) is 2. The van der Waals surface area contributed by atoms with Crippen LogP contribution in [-0.2, 0) is 16.6 Å². The number of H-pyrrole nitrogens is 1. The Morgan fingerprint density at radius 3 is 2.81 bits per heavy atom. The molecular formula is C19H17N5O5S2. The van der Waals surface area contributed by atoms with Gasteiger partial charge in [-0.15, -0.1) is 11.8 Å². The Kier molecular flexibility index (Phi) is 5.83. The molecule has 1 amide bonds. The molecule has 2 aliphatic heterocycles. The van der Waals surface area contributed by atoms with E-state index in [4.69, 9.17) is 0 Å². The molecule has 2 N–H and O–H groups in total. The Morgan fingerprint density at radius 1 is 1.35 bits per heavy atom. The van der Waals surface area contributed by atoms with E-state index < -0.39 is 23.1 Å². The molecule has 2 aromatic rings. The molecule has 1 saturated heterocycles. The zero-order valence-electron chi connectivity index (χ0n) is 16.2. The number of β-lactam (4-membered cyclic amide) rings is 1. The van der Waals surface area contributed by atoms with Crippen LogP contribution < -0.4 is 11.1 Å².